The van der Waals surface area contributed by atoms with Crippen molar-refractivity contribution in [3.8, 4) is 0 Å². The number of urea groups is 1. The van der Waals surface area contributed by atoms with Gasteiger partial charge in [0.25, 0.3) is 5.91 Å². The van der Waals surface area contributed by atoms with Crippen LogP contribution < -0.4 is 15.5 Å². The van der Waals surface area contributed by atoms with E-state index in [0.717, 1.165) is 29.8 Å². The molecule has 4 rings (SSSR count). The van der Waals surface area contributed by atoms with Crippen molar-refractivity contribution in [3.63, 3.8) is 0 Å². The van der Waals surface area contributed by atoms with Crippen LogP contribution in [0.2, 0.25) is 0 Å². The van der Waals surface area contributed by atoms with Gasteiger partial charge in [0.1, 0.15) is 0 Å². The van der Waals surface area contributed by atoms with Gasteiger partial charge in [0.2, 0.25) is 0 Å². The van der Waals surface area contributed by atoms with Crippen molar-refractivity contribution in [1.82, 2.24) is 0 Å². The molecule has 1 aromatic heterocycles. The van der Waals surface area contributed by atoms with E-state index in [1.54, 1.807) is 23.1 Å². The van der Waals surface area contributed by atoms with Crippen molar-refractivity contribution in [2.24, 2.45) is 0 Å². The normalized spacial score (nSPS) is 13.1. The molecule has 0 radical (unpaired) electrons. The monoisotopic (exact) mass is 431 g/mol. The summed E-state index contributed by atoms with van der Waals surface area (Å²) >= 11 is 1.37. The SMILES string of the molecule is O=C(Nc1ccc(C(F)(F)F)cc1)Nc1ccc2c(c1)N(C(=O)c1cccs1)CC2. The van der Waals surface area contributed by atoms with Crippen LogP contribution in [0.3, 0.4) is 0 Å². The maximum Gasteiger partial charge on any atom is 0.416 e. The Bertz CT molecular complexity index is 1080. The van der Waals surface area contributed by atoms with Gasteiger partial charge in [0.05, 0.1) is 10.4 Å². The van der Waals surface area contributed by atoms with Crippen LogP contribution in [0, 0.1) is 0 Å². The van der Waals surface area contributed by atoms with E-state index in [4.69, 9.17) is 0 Å². The van der Waals surface area contributed by atoms with Crippen molar-refractivity contribution in [1.29, 1.82) is 0 Å². The molecular weight excluding hydrogens is 415 g/mol. The number of alkyl halides is 3. The molecule has 2 N–H and O–H groups in total. The lowest BCUT2D eigenvalue weighted by atomic mass is 10.1. The van der Waals surface area contributed by atoms with Crippen LogP contribution in [0.1, 0.15) is 20.8 Å². The lowest BCUT2D eigenvalue weighted by molar-refractivity contribution is -0.137. The first-order valence-corrected chi connectivity index (χ1v) is 9.93. The Labute approximate surface area is 174 Å². The smallest absolute Gasteiger partial charge is 0.308 e. The minimum atomic E-state index is -4.43. The number of carbonyl (C=O) groups excluding carboxylic acids is 2. The first-order valence-electron chi connectivity index (χ1n) is 9.05. The van der Waals surface area contributed by atoms with Crippen molar-refractivity contribution < 1.29 is 22.8 Å². The van der Waals surface area contributed by atoms with E-state index < -0.39 is 17.8 Å². The summed E-state index contributed by atoms with van der Waals surface area (Å²) in [7, 11) is 0. The predicted octanol–water partition coefficient (Wildman–Crippen LogP) is 5.61. The van der Waals surface area contributed by atoms with Crippen LogP contribution in [-0.4, -0.2) is 18.5 Å². The molecule has 1 aliphatic rings. The largest absolute Gasteiger partial charge is 0.416 e. The molecule has 0 unspecified atom stereocenters. The van der Waals surface area contributed by atoms with Crippen LogP contribution in [-0.2, 0) is 12.6 Å². The minimum absolute atomic E-state index is 0.0879. The third kappa shape index (κ3) is 4.16. The molecule has 1 aliphatic heterocycles. The molecule has 0 atom stereocenters. The summed E-state index contributed by atoms with van der Waals surface area (Å²) in [4.78, 5) is 27.3. The summed E-state index contributed by atoms with van der Waals surface area (Å²) in [5.41, 5.74) is 1.66. The second kappa shape index (κ2) is 7.83. The summed E-state index contributed by atoms with van der Waals surface area (Å²) in [6.45, 7) is 0.563. The first-order chi connectivity index (χ1) is 14.3. The Morgan fingerprint density at radius 2 is 1.67 bits per heavy atom. The predicted molar refractivity (Wildman–Crippen MR) is 110 cm³/mol. The highest BCUT2D eigenvalue weighted by atomic mass is 32.1. The third-order valence-electron chi connectivity index (χ3n) is 4.69. The number of hydrogen-bond acceptors (Lipinski definition) is 3. The molecule has 154 valence electrons. The molecular formula is C21H16F3N3O2S. The molecule has 2 aromatic carbocycles. The fraction of sp³-hybridized carbons (Fsp3) is 0.143. The van der Waals surface area contributed by atoms with E-state index in [9.17, 15) is 22.8 Å². The molecule has 0 spiro atoms. The van der Waals surface area contributed by atoms with Gasteiger partial charge in [-0.1, -0.05) is 12.1 Å². The summed E-state index contributed by atoms with van der Waals surface area (Å²) < 4.78 is 37.9. The fourth-order valence-corrected chi connectivity index (χ4v) is 3.91. The number of amides is 3. The topological polar surface area (TPSA) is 61.4 Å². The molecule has 3 amide bonds. The number of halogens is 3. The number of fused-ring (bicyclic) bond motifs is 1. The van der Waals surface area contributed by atoms with E-state index in [0.29, 0.717) is 17.1 Å². The maximum absolute atomic E-state index is 12.7. The molecule has 0 bridgehead atoms. The Morgan fingerprint density at radius 1 is 0.967 bits per heavy atom. The Balaban J connectivity index is 1.45. The highest BCUT2D eigenvalue weighted by Gasteiger charge is 2.30. The van der Waals surface area contributed by atoms with E-state index in [-0.39, 0.29) is 11.6 Å². The number of nitrogens with zero attached hydrogens (tertiary/aromatic N) is 1. The quantitative estimate of drug-likeness (QED) is 0.566. The van der Waals surface area contributed by atoms with Gasteiger partial charge in [-0.3, -0.25) is 4.79 Å². The van der Waals surface area contributed by atoms with Crippen LogP contribution in [0.4, 0.5) is 35.0 Å². The van der Waals surface area contributed by atoms with E-state index >= 15 is 0 Å². The molecule has 2 heterocycles. The van der Waals surface area contributed by atoms with Crippen molar-refractivity contribution in [2.75, 3.05) is 22.1 Å². The minimum Gasteiger partial charge on any atom is -0.308 e. The Morgan fingerprint density at radius 3 is 2.33 bits per heavy atom. The molecule has 0 saturated heterocycles. The Hall–Kier alpha value is -3.33. The first kappa shape index (κ1) is 20.0. The van der Waals surface area contributed by atoms with Gasteiger partial charge in [0.15, 0.2) is 0 Å². The zero-order valence-electron chi connectivity index (χ0n) is 15.5. The van der Waals surface area contributed by atoms with Gasteiger partial charge < -0.3 is 15.5 Å². The van der Waals surface area contributed by atoms with E-state index in [1.807, 2.05) is 17.5 Å². The van der Waals surface area contributed by atoms with Gasteiger partial charge in [-0.2, -0.15) is 13.2 Å². The molecule has 0 saturated carbocycles. The lowest BCUT2D eigenvalue weighted by Crippen LogP contribution is -2.28. The lowest BCUT2D eigenvalue weighted by Gasteiger charge is -2.17. The average Bonchev–Trinajstić information content (AvgIpc) is 3.37. The van der Waals surface area contributed by atoms with Gasteiger partial charge in [-0.05, 0) is 59.8 Å². The summed E-state index contributed by atoms with van der Waals surface area (Å²) in [5.74, 6) is -0.0879. The number of thiophene rings is 1. The van der Waals surface area contributed by atoms with E-state index in [1.165, 1.54) is 23.5 Å². The molecule has 9 heteroatoms. The van der Waals surface area contributed by atoms with Crippen LogP contribution in [0.25, 0.3) is 0 Å². The number of hydrogen-bond donors (Lipinski definition) is 2. The maximum atomic E-state index is 12.7. The second-order valence-corrected chi connectivity index (χ2v) is 7.63. The van der Waals surface area contributed by atoms with Crippen molar-refractivity contribution >= 4 is 40.3 Å². The van der Waals surface area contributed by atoms with Gasteiger partial charge in [-0.25, -0.2) is 4.79 Å². The van der Waals surface area contributed by atoms with Crippen molar-refractivity contribution in [2.45, 2.75) is 12.6 Å². The van der Waals surface area contributed by atoms with Crippen molar-refractivity contribution in [3.05, 3.63) is 76.0 Å². The number of rotatable bonds is 3. The second-order valence-electron chi connectivity index (χ2n) is 6.68. The van der Waals surface area contributed by atoms with Crippen LogP contribution >= 0.6 is 11.3 Å². The van der Waals surface area contributed by atoms with Gasteiger partial charge in [0, 0.05) is 23.6 Å². The fourth-order valence-electron chi connectivity index (χ4n) is 3.24. The molecule has 3 aromatic rings. The number of nitrogens with one attached hydrogen (secondary N) is 2. The summed E-state index contributed by atoms with van der Waals surface area (Å²) in [6, 6.07) is 12.5. The molecule has 0 aliphatic carbocycles. The van der Waals surface area contributed by atoms with Crippen LogP contribution in [0.15, 0.2) is 60.0 Å². The number of anilines is 3. The number of benzene rings is 2. The highest BCUT2D eigenvalue weighted by molar-refractivity contribution is 7.12. The standard InChI is InChI=1S/C21H16F3N3O2S/c22-21(23,24)14-4-7-15(8-5-14)25-20(29)26-16-6-3-13-9-10-27(17(13)12-16)19(28)18-2-1-11-30-18/h1-8,11-12H,9-10H2,(H2,25,26,29). The Kier molecular flexibility index (Phi) is 5.21. The third-order valence-corrected chi connectivity index (χ3v) is 5.54. The van der Waals surface area contributed by atoms with Gasteiger partial charge >= 0.3 is 12.2 Å². The van der Waals surface area contributed by atoms with E-state index in [2.05, 4.69) is 10.6 Å². The summed E-state index contributed by atoms with van der Waals surface area (Å²) in [6.07, 6.45) is -3.71. The summed E-state index contributed by atoms with van der Waals surface area (Å²) in [5, 5.41) is 6.99. The van der Waals surface area contributed by atoms with Crippen LogP contribution in [0.5, 0.6) is 0 Å². The molecule has 0 fully saturated rings. The number of carbonyl (C=O) groups is 2. The highest BCUT2D eigenvalue weighted by Crippen LogP contribution is 2.33. The molecule has 5 nitrogen and oxygen atoms in total. The zero-order valence-corrected chi connectivity index (χ0v) is 16.3. The van der Waals surface area contributed by atoms with Gasteiger partial charge in [-0.15, -0.1) is 11.3 Å². The molecule has 30 heavy (non-hydrogen) atoms. The average molecular weight is 431 g/mol. The zero-order chi connectivity index (χ0) is 21.3.